The van der Waals surface area contributed by atoms with Crippen molar-refractivity contribution in [3.05, 3.63) is 29.8 Å². The van der Waals surface area contributed by atoms with Crippen molar-refractivity contribution in [3.8, 4) is 5.75 Å². The standard InChI is InChI=1S/C13H17F2N3OS/c1-8(2)16-13(20)18-17-9(3)10-5-4-6-11(7-10)19-12(14)15/h4-8,12H,1-3H3,(H2,16,18,20)/b17-9-. The van der Waals surface area contributed by atoms with Gasteiger partial charge >= 0.3 is 6.61 Å². The molecule has 0 radical (unpaired) electrons. The topological polar surface area (TPSA) is 45.7 Å². The van der Waals surface area contributed by atoms with Gasteiger partial charge in [-0.2, -0.15) is 13.9 Å². The van der Waals surface area contributed by atoms with E-state index in [-0.39, 0.29) is 11.8 Å². The van der Waals surface area contributed by atoms with Gasteiger partial charge in [0, 0.05) is 11.6 Å². The van der Waals surface area contributed by atoms with Crippen LogP contribution >= 0.6 is 12.2 Å². The minimum Gasteiger partial charge on any atom is -0.435 e. The second-order valence-electron chi connectivity index (χ2n) is 4.34. The molecule has 0 saturated heterocycles. The Hall–Kier alpha value is -1.76. The lowest BCUT2D eigenvalue weighted by molar-refractivity contribution is -0.0498. The Morgan fingerprint density at radius 2 is 2.05 bits per heavy atom. The smallest absolute Gasteiger partial charge is 0.387 e. The van der Waals surface area contributed by atoms with E-state index < -0.39 is 6.61 Å². The first-order valence-corrected chi connectivity index (χ1v) is 6.45. The highest BCUT2D eigenvalue weighted by Crippen LogP contribution is 2.16. The molecule has 110 valence electrons. The first-order valence-electron chi connectivity index (χ1n) is 6.04. The average molecular weight is 301 g/mol. The molecule has 1 aromatic rings. The molecule has 0 spiro atoms. The molecule has 0 heterocycles. The van der Waals surface area contributed by atoms with Crippen LogP contribution in [0.25, 0.3) is 0 Å². The van der Waals surface area contributed by atoms with E-state index in [1.807, 2.05) is 13.8 Å². The molecule has 0 bridgehead atoms. The van der Waals surface area contributed by atoms with Gasteiger partial charge in [0.15, 0.2) is 5.11 Å². The third kappa shape index (κ3) is 5.92. The van der Waals surface area contributed by atoms with Crippen molar-refractivity contribution in [2.45, 2.75) is 33.4 Å². The van der Waals surface area contributed by atoms with Crippen molar-refractivity contribution < 1.29 is 13.5 Å². The molecule has 20 heavy (non-hydrogen) atoms. The normalized spacial score (nSPS) is 11.7. The number of hydrogen-bond acceptors (Lipinski definition) is 3. The predicted molar refractivity (Wildman–Crippen MR) is 79.3 cm³/mol. The minimum absolute atomic E-state index is 0.0925. The summed E-state index contributed by atoms with van der Waals surface area (Å²) in [5.74, 6) is 0.0925. The van der Waals surface area contributed by atoms with Gasteiger partial charge in [0.25, 0.3) is 0 Å². The second-order valence-corrected chi connectivity index (χ2v) is 4.75. The van der Waals surface area contributed by atoms with Gasteiger partial charge in [-0.3, -0.25) is 5.43 Å². The van der Waals surface area contributed by atoms with Crippen molar-refractivity contribution in [2.75, 3.05) is 0 Å². The number of rotatable bonds is 5. The molecule has 0 unspecified atom stereocenters. The summed E-state index contributed by atoms with van der Waals surface area (Å²) in [5, 5.41) is 7.47. The lowest BCUT2D eigenvalue weighted by atomic mass is 10.1. The Morgan fingerprint density at radius 1 is 1.35 bits per heavy atom. The number of ether oxygens (including phenoxy) is 1. The predicted octanol–water partition coefficient (Wildman–Crippen LogP) is 2.88. The molecule has 0 fully saturated rings. The molecule has 1 rings (SSSR count). The second kappa shape index (κ2) is 7.74. The first kappa shape index (κ1) is 16.3. The van der Waals surface area contributed by atoms with E-state index in [1.54, 1.807) is 19.1 Å². The van der Waals surface area contributed by atoms with Crippen molar-refractivity contribution in [1.82, 2.24) is 10.7 Å². The van der Waals surface area contributed by atoms with E-state index in [0.29, 0.717) is 16.4 Å². The highest BCUT2D eigenvalue weighted by molar-refractivity contribution is 7.80. The zero-order valence-corrected chi connectivity index (χ0v) is 12.3. The molecule has 0 aliphatic carbocycles. The molecule has 7 heteroatoms. The van der Waals surface area contributed by atoms with Crippen LogP contribution in [0.15, 0.2) is 29.4 Å². The number of nitrogens with one attached hydrogen (secondary N) is 2. The van der Waals surface area contributed by atoms with Gasteiger partial charge in [-0.1, -0.05) is 12.1 Å². The Balaban J connectivity index is 2.71. The summed E-state index contributed by atoms with van der Waals surface area (Å²) >= 11 is 5.03. The first-order chi connectivity index (χ1) is 9.38. The molecule has 0 saturated carbocycles. The Bertz CT molecular complexity index is 492. The van der Waals surface area contributed by atoms with Crippen LogP contribution in [0.1, 0.15) is 26.3 Å². The van der Waals surface area contributed by atoms with Crippen LogP contribution in [0.3, 0.4) is 0 Å². The van der Waals surface area contributed by atoms with E-state index in [2.05, 4.69) is 20.6 Å². The number of nitrogens with zero attached hydrogens (tertiary/aromatic N) is 1. The number of thiocarbonyl (C=S) groups is 1. The SMILES string of the molecule is C/C(=N/NC(=S)NC(C)C)c1cccc(OC(F)F)c1. The van der Waals surface area contributed by atoms with E-state index in [0.717, 1.165) is 0 Å². The van der Waals surface area contributed by atoms with E-state index in [4.69, 9.17) is 12.2 Å². The van der Waals surface area contributed by atoms with Crippen molar-refractivity contribution in [3.63, 3.8) is 0 Å². The molecule has 4 nitrogen and oxygen atoms in total. The zero-order valence-electron chi connectivity index (χ0n) is 11.5. The van der Waals surface area contributed by atoms with Gasteiger partial charge in [-0.15, -0.1) is 0 Å². The van der Waals surface area contributed by atoms with Gasteiger partial charge < -0.3 is 10.1 Å². The maximum Gasteiger partial charge on any atom is 0.387 e. The van der Waals surface area contributed by atoms with Gasteiger partial charge in [-0.05, 0) is 45.1 Å². The average Bonchev–Trinajstić information content (AvgIpc) is 2.34. The number of benzene rings is 1. The Labute approximate surface area is 122 Å². The zero-order chi connectivity index (χ0) is 15.1. The summed E-state index contributed by atoms with van der Waals surface area (Å²) in [6, 6.07) is 6.52. The van der Waals surface area contributed by atoms with Crippen molar-refractivity contribution >= 4 is 23.0 Å². The highest BCUT2D eigenvalue weighted by atomic mass is 32.1. The van der Waals surface area contributed by atoms with Crippen LogP contribution in [0, 0.1) is 0 Å². The van der Waals surface area contributed by atoms with Gasteiger partial charge in [0.1, 0.15) is 5.75 Å². The van der Waals surface area contributed by atoms with E-state index in [9.17, 15) is 8.78 Å². The molecule has 0 aliphatic heterocycles. The molecule has 0 atom stereocenters. The number of hydrazone groups is 1. The summed E-state index contributed by atoms with van der Waals surface area (Å²) in [6.45, 7) is 2.81. The molecular formula is C13H17F2N3OS. The van der Waals surface area contributed by atoms with Crippen molar-refractivity contribution in [1.29, 1.82) is 0 Å². The fraction of sp³-hybridized carbons (Fsp3) is 0.385. The summed E-state index contributed by atoms with van der Waals surface area (Å²) < 4.78 is 28.6. The van der Waals surface area contributed by atoms with Gasteiger partial charge in [0.05, 0.1) is 5.71 Å². The van der Waals surface area contributed by atoms with Crippen LogP contribution in [-0.2, 0) is 0 Å². The third-order valence-electron chi connectivity index (χ3n) is 2.22. The number of halogens is 2. The number of hydrogen-bond donors (Lipinski definition) is 2. The van der Waals surface area contributed by atoms with Crippen LogP contribution in [-0.4, -0.2) is 23.5 Å². The fourth-order valence-corrected chi connectivity index (χ4v) is 1.67. The maximum absolute atomic E-state index is 12.1. The van der Waals surface area contributed by atoms with Crippen molar-refractivity contribution in [2.24, 2.45) is 5.10 Å². The molecule has 0 aliphatic rings. The molecule has 1 aromatic carbocycles. The lowest BCUT2D eigenvalue weighted by Crippen LogP contribution is -2.37. The van der Waals surface area contributed by atoms with Gasteiger partial charge in [0.2, 0.25) is 0 Å². The quantitative estimate of drug-likeness (QED) is 0.499. The lowest BCUT2D eigenvalue weighted by Gasteiger charge is -2.11. The summed E-state index contributed by atoms with van der Waals surface area (Å²) in [5.41, 5.74) is 3.97. The third-order valence-corrected chi connectivity index (χ3v) is 2.43. The molecular weight excluding hydrogens is 284 g/mol. The van der Waals surface area contributed by atoms with E-state index in [1.165, 1.54) is 12.1 Å². The maximum atomic E-state index is 12.1. The van der Waals surface area contributed by atoms with Crippen LogP contribution in [0.5, 0.6) is 5.75 Å². The fourth-order valence-electron chi connectivity index (χ4n) is 1.39. The van der Waals surface area contributed by atoms with Crippen LogP contribution < -0.4 is 15.5 Å². The Kier molecular flexibility index (Phi) is 6.30. The van der Waals surface area contributed by atoms with E-state index >= 15 is 0 Å². The van der Waals surface area contributed by atoms with Crippen LogP contribution in [0.4, 0.5) is 8.78 Å². The summed E-state index contributed by atoms with van der Waals surface area (Å²) in [6.07, 6.45) is 0. The largest absolute Gasteiger partial charge is 0.435 e. The Morgan fingerprint density at radius 3 is 2.65 bits per heavy atom. The molecule has 2 N–H and O–H groups in total. The van der Waals surface area contributed by atoms with Gasteiger partial charge in [-0.25, -0.2) is 0 Å². The molecule has 0 aromatic heterocycles. The number of alkyl halides is 2. The minimum atomic E-state index is -2.84. The monoisotopic (exact) mass is 301 g/mol. The van der Waals surface area contributed by atoms with Crippen LogP contribution in [0.2, 0.25) is 0 Å². The molecule has 0 amide bonds. The summed E-state index contributed by atoms with van der Waals surface area (Å²) in [7, 11) is 0. The summed E-state index contributed by atoms with van der Waals surface area (Å²) in [4.78, 5) is 0. The highest BCUT2D eigenvalue weighted by Gasteiger charge is 2.06.